The van der Waals surface area contributed by atoms with Crippen LogP contribution in [0.15, 0.2) is 0 Å². The molecule has 0 spiro atoms. The summed E-state index contributed by atoms with van der Waals surface area (Å²) in [5.41, 5.74) is 0. The molecule has 2 N–H and O–H groups in total. The third kappa shape index (κ3) is 6.32. The summed E-state index contributed by atoms with van der Waals surface area (Å²) in [6.45, 7) is 5.83. The van der Waals surface area contributed by atoms with E-state index in [-0.39, 0.29) is 24.8 Å². The molecule has 0 radical (unpaired) electrons. The second-order valence-corrected chi connectivity index (χ2v) is 6.08. The van der Waals surface area contributed by atoms with E-state index in [9.17, 15) is 13.2 Å². The Morgan fingerprint density at radius 1 is 1.28 bits per heavy atom. The lowest BCUT2D eigenvalue weighted by Gasteiger charge is -2.25. The minimum atomic E-state index is -3.40. The zero-order valence-corrected chi connectivity index (χ0v) is 12.2. The minimum absolute atomic E-state index is 0.0123. The van der Waals surface area contributed by atoms with Gasteiger partial charge in [-0.25, -0.2) is 13.1 Å². The summed E-state index contributed by atoms with van der Waals surface area (Å²) < 4.78 is 25.5. The summed E-state index contributed by atoms with van der Waals surface area (Å²) in [6.07, 6.45) is 1.27. The highest BCUT2D eigenvalue weighted by Gasteiger charge is 2.23. The molecule has 0 rings (SSSR count). The Morgan fingerprint density at radius 2 is 1.89 bits per heavy atom. The van der Waals surface area contributed by atoms with Crippen LogP contribution in [0.25, 0.3) is 0 Å². The van der Waals surface area contributed by atoms with Crippen LogP contribution in [0, 0.1) is 0 Å². The highest BCUT2D eigenvalue weighted by atomic mass is 32.2. The Hall–Kier alpha value is -0.660. The van der Waals surface area contributed by atoms with Crippen LogP contribution in [-0.4, -0.2) is 55.8 Å². The largest absolute Gasteiger partial charge is 0.395 e. The topological polar surface area (TPSA) is 86.7 Å². The van der Waals surface area contributed by atoms with Gasteiger partial charge in [0.25, 0.3) is 0 Å². The first-order valence-electron chi connectivity index (χ1n) is 6.27. The van der Waals surface area contributed by atoms with Crippen molar-refractivity contribution in [3.8, 4) is 0 Å². The minimum Gasteiger partial charge on any atom is -0.395 e. The van der Waals surface area contributed by atoms with Crippen molar-refractivity contribution >= 4 is 15.9 Å². The molecule has 18 heavy (non-hydrogen) atoms. The Bertz CT molecular complexity index is 337. The number of amides is 1. The Labute approximate surface area is 109 Å². The van der Waals surface area contributed by atoms with E-state index in [0.29, 0.717) is 13.0 Å². The number of aliphatic hydroxyl groups excluding tert-OH is 1. The highest BCUT2D eigenvalue weighted by molar-refractivity contribution is 7.89. The van der Waals surface area contributed by atoms with E-state index >= 15 is 0 Å². The fraction of sp³-hybridized carbons (Fsp3) is 0.909. The van der Waals surface area contributed by atoms with Gasteiger partial charge >= 0.3 is 0 Å². The number of carbonyl (C=O) groups is 1. The molecule has 0 bridgehead atoms. The molecule has 0 saturated carbocycles. The molecule has 1 amide bonds. The van der Waals surface area contributed by atoms with Crippen LogP contribution in [0.3, 0.4) is 0 Å². The standard InChI is InChI=1S/C11H24N2O4S/c1-4-6-13(7-8-14)11(15)10(3)12-18(16,17)9-5-2/h10,12,14H,4-9H2,1-3H3. The van der Waals surface area contributed by atoms with Gasteiger partial charge in [0, 0.05) is 13.1 Å². The lowest BCUT2D eigenvalue weighted by molar-refractivity contribution is -0.133. The number of rotatable bonds is 9. The molecular weight excluding hydrogens is 256 g/mol. The summed E-state index contributed by atoms with van der Waals surface area (Å²) in [6, 6.07) is -0.792. The number of nitrogens with zero attached hydrogens (tertiary/aromatic N) is 1. The average Bonchev–Trinajstić information content (AvgIpc) is 2.27. The zero-order valence-electron chi connectivity index (χ0n) is 11.3. The van der Waals surface area contributed by atoms with Gasteiger partial charge in [-0.2, -0.15) is 0 Å². The molecule has 0 saturated heterocycles. The van der Waals surface area contributed by atoms with Crippen molar-refractivity contribution in [3.63, 3.8) is 0 Å². The number of carbonyl (C=O) groups excluding carboxylic acids is 1. The van der Waals surface area contributed by atoms with Gasteiger partial charge in [0.15, 0.2) is 0 Å². The van der Waals surface area contributed by atoms with E-state index in [1.165, 1.54) is 11.8 Å². The average molecular weight is 280 g/mol. The van der Waals surface area contributed by atoms with Crippen LogP contribution < -0.4 is 4.72 Å². The molecule has 0 aromatic rings. The molecule has 0 heterocycles. The predicted octanol–water partition coefficient (Wildman–Crippen LogP) is -0.0648. The maximum Gasteiger partial charge on any atom is 0.240 e. The van der Waals surface area contributed by atoms with Crippen LogP contribution in [0.2, 0.25) is 0 Å². The Morgan fingerprint density at radius 3 is 2.33 bits per heavy atom. The molecule has 7 heteroatoms. The summed E-state index contributed by atoms with van der Waals surface area (Å²) in [4.78, 5) is 13.5. The molecule has 0 fully saturated rings. The van der Waals surface area contributed by atoms with Gasteiger partial charge in [0.2, 0.25) is 15.9 Å². The Balaban J connectivity index is 4.56. The van der Waals surface area contributed by atoms with E-state index in [0.717, 1.165) is 6.42 Å². The molecule has 0 aromatic carbocycles. The molecule has 0 aliphatic carbocycles. The smallest absolute Gasteiger partial charge is 0.240 e. The maximum atomic E-state index is 12.0. The summed E-state index contributed by atoms with van der Waals surface area (Å²) >= 11 is 0. The van der Waals surface area contributed by atoms with Crippen molar-refractivity contribution < 1.29 is 18.3 Å². The van der Waals surface area contributed by atoms with Gasteiger partial charge in [0.1, 0.15) is 0 Å². The lowest BCUT2D eigenvalue weighted by Crippen LogP contribution is -2.48. The molecule has 0 aliphatic rings. The van der Waals surface area contributed by atoms with Crippen molar-refractivity contribution in [3.05, 3.63) is 0 Å². The molecule has 1 atom stereocenters. The number of hydrogen-bond donors (Lipinski definition) is 2. The van der Waals surface area contributed by atoms with E-state index in [4.69, 9.17) is 5.11 Å². The van der Waals surface area contributed by atoms with Gasteiger partial charge in [-0.15, -0.1) is 0 Å². The van der Waals surface area contributed by atoms with E-state index in [1.807, 2.05) is 6.92 Å². The van der Waals surface area contributed by atoms with Gasteiger partial charge in [-0.1, -0.05) is 13.8 Å². The van der Waals surface area contributed by atoms with Gasteiger partial charge < -0.3 is 10.0 Å². The number of hydrogen-bond acceptors (Lipinski definition) is 4. The van der Waals surface area contributed by atoms with Crippen LogP contribution in [0.1, 0.15) is 33.6 Å². The Kier molecular flexibility index (Phi) is 8.13. The predicted molar refractivity (Wildman–Crippen MR) is 70.6 cm³/mol. The third-order valence-electron chi connectivity index (χ3n) is 2.37. The van der Waals surface area contributed by atoms with E-state index in [2.05, 4.69) is 4.72 Å². The van der Waals surface area contributed by atoms with E-state index < -0.39 is 16.1 Å². The third-order valence-corrected chi connectivity index (χ3v) is 4.03. The molecule has 6 nitrogen and oxygen atoms in total. The molecule has 0 aliphatic heterocycles. The zero-order chi connectivity index (χ0) is 14.2. The second kappa shape index (κ2) is 8.44. The number of sulfonamides is 1. The molecular formula is C11H24N2O4S. The summed E-state index contributed by atoms with van der Waals surface area (Å²) in [5.74, 6) is -0.288. The SMILES string of the molecule is CCCN(CCO)C(=O)C(C)NS(=O)(=O)CCC. The fourth-order valence-electron chi connectivity index (χ4n) is 1.64. The first-order valence-corrected chi connectivity index (χ1v) is 7.92. The van der Waals surface area contributed by atoms with Crippen molar-refractivity contribution in [2.24, 2.45) is 0 Å². The lowest BCUT2D eigenvalue weighted by atomic mass is 10.3. The van der Waals surface area contributed by atoms with Crippen LogP contribution >= 0.6 is 0 Å². The van der Waals surface area contributed by atoms with Gasteiger partial charge in [-0.3, -0.25) is 4.79 Å². The maximum absolute atomic E-state index is 12.0. The van der Waals surface area contributed by atoms with Crippen molar-refractivity contribution in [2.45, 2.75) is 39.7 Å². The first-order chi connectivity index (χ1) is 8.37. The number of nitrogens with one attached hydrogen (secondary N) is 1. The van der Waals surface area contributed by atoms with Crippen LogP contribution in [0.4, 0.5) is 0 Å². The summed E-state index contributed by atoms with van der Waals surface area (Å²) in [7, 11) is -3.40. The van der Waals surface area contributed by atoms with E-state index in [1.54, 1.807) is 6.92 Å². The monoisotopic (exact) mass is 280 g/mol. The fourth-order valence-corrected chi connectivity index (χ4v) is 2.94. The molecule has 0 aromatic heterocycles. The van der Waals surface area contributed by atoms with Crippen molar-refractivity contribution in [1.29, 1.82) is 0 Å². The van der Waals surface area contributed by atoms with Gasteiger partial charge in [0.05, 0.1) is 18.4 Å². The van der Waals surface area contributed by atoms with Crippen molar-refractivity contribution in [1.82, 2.24) is 9.62 Å². The number of aliphatic hydroxyl groups is 1. The van der Waals surface area contributed by atoms with Crippen LogP contribution in [-0.2, 0) is 14.8 Å². The molecule has 1 unspecified atom stereocenters. The quantitative estimate of drug-likeness (QED) is 0.619. The highest BCUT2D eigenvalue weighted by Crippen LogP contribution is 2.00. The van der Waals surface area contributed by atoms with Gasteiger partial charge in [-0.05, 0) is 19.8 Å². The van der Waals surface area contributed by atoms with Crippen LogP contribution in [0.5, 0.6) is 0 Å². The molecule has 108 valence electrons. The normalized spacial score (nSPS) is 13.3. The van der Waals surface area contributed by atoms with Crippen molar-refractivity contribution in [2.75, 3.05) is 25.4 Å². The second-order valence-electron chi connectivity index (χ2n) is 4.21. The first kappa shape index (κ1) is 17.3. The summed E-state index contributed by atoms with van der Waals surface area (Å²) in [5, 5.41) is 8.88.